The van der Waals surface area contributed by atoms with E-state index in [9.17, 15) is 0 Å². The number of anilines is 1. The van der Waals surface area contributed by atoms with Gasteiger partial charge in [-0.15, -0.1) is 6.58 Å². The van der Waals surface area contributed by atoms with Crippen molar-refractivity contribution in [3.63, 3.8) is 0 Å². The Morgan fingerprint density at radius 2 is 2.38 bits per heavy atom. The fraction of sp³-hybridized carbons (Fsp3) is 0.385. The Hall–Kier alpha value is -1.82. The summed E-state index contributed by atoms with van der Waals surface area (Å²) in [5.41, 5.74) is 1.65. The molecule has 0 bridgehead atoms. The van der Waals surface area contributed by atoms with Crippen molar-refractivity contribution in [3.8, 4) is 6.07 Å². The minimum atomic E-state index is 0.670. The minimum Gasteiger partial charge on any atom is -0.359 e. The minimum absolute atomic E-state index is 0.670. The molecular formula is C13H17N3. The topological polar surface area (TPSA) is 39.9 Å². The zero-order valence-corrected chi connectivity index (χ0v) is 9.90. The number of hydrogen-bond donors (Lipinski definition) is 0. The van der Waals surface area contributed by atoms with Gasteiger partial charge in [0, 0.05) is 19.8 Å². The lowest BCUT2D eigenvalue weighted by atomic mass is 10.1. The molecule has 1 rings (SSSR count). The molecule has 1 aromatic rings. The lowest BCUT2D eigenvalue weighted by Crippen LogP contribution is -2.21. The van der Waals surface area contributed by atoms with Crippen LogP contribution in [0.3, 0.4) is 0 Å². The molecule has 0 radical (unpaired) electrons. The molecule has 0 amide bonds. The van der Waals surface area contributed by atoms with Gasteiger partial charge in [0.25, 0.3) is 0 Å². The Kier molecular flexibility index (Phi) is 4.53. The first-order valence-corrected chi connectivity index (χ1v) is 5.38. The maximum Gasteiger partial charge on any atom is 0.146 e. The predicted molar refractivity (Wildman–Crippen MR) is 66.4 cm³/mol. The third-order valence-electron chi connectivity index (χ3n) is 2.51. The monoisotopic (exact) mass is 215 g/mol. The molecule has 1 aromatic heterocycles. The summed E-state index contributed by atoms with van der Waals surface area (Å²) in [5.74, 6) is 0.770. The van der Waals surface area contributed by atoms with Crippen molar-refractivity contribution in [2.75, 3.05) is 18.5 Å². The van der Waals surface area contributed by atoms with Gasteiger partial charge in [0.1, 0.15) is 11.9 Å². The molecule has 0 aliphatic rings. The van der Waals surface area contributed by atoms with Crippen LogP contribution < -0.4 is 4.90 Å². The average Bonchev–Trinajstić information content (AvgIpc) is 2.29. The molecule has 1 heterocycles. The van der Waals surface area contributed by atoms with Crippen LogP contribution >= 0.6 is 0 Å². The van der Waals surface area contributed by atoms with Gasteiger partial charge in [-0.2, -0.15) is 5.26 Å². The first-order valence-electron chi connectivity index (χ1n) is 5.38. The highest BCUT2D eigenvalue weighted by Crippen LogP contribution is 2.18. The standard InChI is InChI=1S/C13H17N3/c1-4-5-6-9-16(3)13-12(10-14)11(2)7-8-15-13/h4,7-8H,1,5-6,9H2,2-3H3. The van der Waals surface area contributed by atoms with E-state index in [-0.39, 0.29) is 0 Å². The van der Waals surface area contributed by atoms with E-state index < -0.39 is 0 Å². The van der Waals surface area contributed by atoms with Crippen molar-refractivity contribution in [1.29, 1.82) is 5.26 Å². The van der Waals surface area contributed by atoms with Crippen molar-refractivity contribution in [2.24, 2.45) is 0 Å². The molecule has 3 nitrogen and oxygen atoms in total. The van der Waals surface area contributed by atoms with Gasteiger partial charge in [-0.05, 0) is 31.4 Å². The fourth-order valence-electron chi connectivity index (χ4n) is 1.55. The number of aromatic nitrogens is 1. The van der Waals surface area contributed by atoms with Crippen LogP contribution in [0.5, 0.6) is 0 Å². The summed E-state index contributed by atoms with van der Waals surface area (Å²) in [6, 6.07) is 4.07. The second-order valence-electron chi connectivity index (χ2n) is 3.79. The Labute approximate surface area is 97.0 Å². The van der Waals surface area contributed by atoms with Crippen LogP contribution in [0.2, 0.25) is 0 Å². The Bertz CT molecular complexity index is 404. The second-order valence-corrected chi connectivity index (χ2v) is 3.79. The molecule has 0 atom stereocenters. The van der Waals surface area contributed by atoms with Gasteiger partial charge in [0.2, 0.25) is 0 Å². The molecule has 0 spiro atoms. The number of pyridine rings is 1. The van der Waals surface area contributed by atoms with Crippen molar-refractivity contribution in [1.82, 2.24) is 4.98 Å². The van der Waals surface area contributed by atoms with Crippen molar-refractivity contribution >= 4 is 5.82 Å². The second kappa shape index (κ2) is 5.92. The average molecular weight is 215 g/mol. The SMILES string of the molecule is C=CCCCN(C)c1nccc(C)c1C#N. The number of hydrogen-bond acceptors (Lipinski definition) is 3. The van der Waals surface area contributed by atoms with E-state index in [2.05, 4.69) is 17.6 Å². The molecule has 0 saturated carbocycles. The van der Waals surface area contributed by atoms with E-state index in [0.717, 1.165) is 30.8 Å². The lowest BCUT2D eigenvalue weighted by molar-refractivity contribution is 0.790. The van der Waals surface area contributed by atoms with E-state index in [4.69, 9.17) is 5.26 Å². The van der Waals surface area contributed by atoms with Gasteiger partial charge in [0.15, 0.2) is 0 Å². The van der Waals surface area contributed by atoms with Crippen molar-refractivity contribution < 1.29 is 0 Å². The molecule has 3 heteroatoms. The maximum absolute atomic E-state index is 9.09. The predicted octanol–water partition coefficient (Wildman–Crippen LogP) is 2.66. The van der Waals surface area contributed by atoms with Crippen LogP contribution in [0.1, 0.15) is 24.0 Å². The molecular weight excluding hydrogens is 198 g/mol. The van der Waals surface area contributed by atoms with Crippen LogP contribution in [-0.4, -0.2) is 18.6 Å². The zero-order valence-electron chi connectivity index (χ0n) is 9.90. The summed E-state index contributed by atoms with van der Waals surface area (Å²) < 4.78 is 0. The van der Waals surface area contributed by atoms with E-state index in [0.29, 0.717) is 5.56 Å². The number of nitriles is 1. The molecule has 0 saturated heterocycles. The van der Waals surface area contributed by atoms with Gasteiger partial charge >= 0.3 is 0 Å². The summed E-state index contributed by atoms with van der Waals surface area (Å²) >= 11 is 0. The normalized spacial score (nSPS) is 9.56. The van der Waals surface area contributed by atoms with Crippen LogP contribution in [-0.2, 0) is 0 Å². The highest BCUT2D eigenvalue weighted by Gasteiger charge is 2.10. The summed E-state index contributed by atoms with van der Waals surface area (Å²) in [5, 5.41) is 9.09. The molecule has 0 unspecified atom stereocenters. The number of aryl methyl sites for hydroxylation is 1. The molecule has 0 N–H and O–H groups in total. The quantitative estimate of drug-likeness (QED) is 0.560. The molecule has 0 fully saturated rings. The van der Waals surface area contributed by atoms with E-state index in [1.165, 1.54) is 0 Å². The third kappa shape index (κ3) is 2.83. The first kappa shape index (κ1) is 12.3. The van der Waals surface area contributed by atoms with E-state index >= 15 is 0 Å². The Morgan fingerprint density at radius 3 is 3.00 bits per heavy atom. The van der Waals surface area contributed by atoms with Gasteiger partial charge in [-0.1, -0.05) is 6.08 Å². The summed E-state index contributed by atoms with van der Waals surface area (Å²) in [6.45, 7) is 6.51. The number of rotatable bonds is 5. The van der Waals surface area contributed by atoms with Gasteiger partial charge in [-0.25, -0.2) is 4.98 Å². The Balaban J connectivity index is 2.83. The molecule has 16 heavy (non-hydrogen) atoms. The van der Waals surface area contributed by atoms with Crippen molar-refractivity contribution in [3.05, 3.63) is 36.0 Å². The molecule has 0 aliphatic heterocycles. The fourth-order valence-corrected chi connectivity index (χ4v) is 1.55. The first-order chi connectivity index (χ1) is 7.70. The largest absolute Gasteiger partial charge is 0.359 e. The zero-order chi connectivity index (χ0) is 12.0. The van der Waals surface area contributed by atoms with Crippen LogP contribution in [0.25, 0.3) is 0 Å². The molecule has 0 aliphatic carbocycles. The lowest BCUT2D eigenvalue weighted by Gasteiger charge is -2.19. The number of allylic oxidation sites excluding steroid dienone is 1. The smallest absolute Gasteiger partial charge is 0.146 e. The molecule has 84 valence electrons. The summed E-state index contributed by atoms with van der Waals surface area (Å²) in [6.07, 6.45) is 5.66. The highest BCUT2D eigenvalue weighted by molar-refractivity contribution is 5.56. The summed E-state index contributed by atoms with van der Waals surface area (Å²) in [7, 11) is 1.96. The number of nitrogens with zero attached hydrogens (tertiary/aromatic N) is 3. The van der Waals surface area contributed by atoms with E-state index in [1.807, 2.05) is 31.0 Å². The van der Waals surface area contributed by atoms with Crippen LogP contribution in [0.4, 0.5) is 5.82 Å². The van der Waals surface area contributed by atoms with Crippen LogP contribution in [0.15, 0.2) is 24.9 Å². The van der Waals surface area contributed by atoms with Crippen LogP contribution in [0, 0.1) is 18.3 Å². The number of unbranched alkanes of at least 4 members (excludes halogenated alkanes) is 1. The third-order valence-corrected chi connectivity index (χ3v) is 2.51. The van der Waals surface area contributed by atoms with Gasteiger partial charge in [0.05, 0.1) is 5.56 Å². The summed E-state index contributed by atoms with van der Waals surface area (Å²) in [4.78, 5) is 6.29. The highest BCUT2D eigenvalue weighted by atomic mass is 15.2. The maximum atomic E-state index is 9.09. The molecule has 0 aromatic carbocycles. The van der Waals surface area contributed by atoms with Gasteiger partial charge < -0.3 is 4.90 Å². The van der Waals surface area contributed by atoms with E-state index in [1.54, 1.807) is 6.20 Å². The van der Waals surface area contributed by atoms with Crippen molar-refractivity contribution in [2.45, 2.75) is 19.8 Å². The van der Waals surface area contributed by atoms with Gasteiger partial charge in [-0.3, -0.25) is 0 Å². The Morgan fingerprint density at radius 1 is 1.62 bits per heavy atom.